The molecule has 4 rings (SSSR count). The highest BCUT2D eigenvalue weighted by Crippen LogP contribution is 2.34. The Hall–Kier alpha value is -2.75. The normalized spacial score (nSPS) is 16.2. The van der Waals surface area contributed by atoms with Gasteiger partial charge in [-0.1, -0.05) is 11.8 Å². The molecule has 0 spiro atoms. The van der Waals surface area contributed by atoms with Crippen LogP contribution in [0.3, 0.4) is 0 Å². The number of amides is 1. The summed E-state index contributed by atoms with van der Waals surface area (Å²) < 4.78 is 30.0. The van der Waals surface area contributed by atoms with Crippen molar-refractivity contribution >= 4 is 34.4 Å². The maximum atomic E-state index is 13.8. The minimum atomic E-state index is -0.852. The molecule has 2 aromatic heterocycles. The van der Waals surface area contributed by atoms with Crippen molar-refractivity contribution in [3.8, 4) is 0 Å². The summed E-state index contributed by atoms with van der Waals surface area (Å²) in [4.78, 5) is 30.0. The Morgan fingerprint density at radius 2 is 2.10 bits per heavy atom. The van der Waals surface area contributed by atoms with E-state index < -0.39 is 23.6 Å². The van der Waals surface area contributed by atoms with Gasteiger partial charge in [-0.3, -0.25) is 14.2 Å². The number of nitrogens with zero attached hydrogens (tertiary/aromatic N) is 4. The number of carbonyl (C=O) groups is 1. The van der Waals surface area contributed by atoms with Crippen LogP contribution >= 0.6 is 11.8 Å². The van der Waals surface area contributed by atoms with E-state index in [-0.39, 0.29) is 23.2 Å². The molecule has 152 valence electrons. The van der Waals surface area contributed by atoms with E-state index >= 15 is 0 Å². The van der Waals surface area contributed by atoms with E-state index in [9.17, 15) is 18.4 Å². The largest absolute Gasteiger partial charge is 0.324 e. The number of halogens is 2. The van der Waals surface area contributed by atoms with Crippen LogP contribution in [0.25, 0.3) is 11.0 Å². The Morgan fingerprint density at radius 1 is 1.34 bits per heavy atom. The molecule has 7 nitrogen and oxygen atoms in total. The topological polar surface area (TPSA) is 81.8 Å². The van der Waals surface area contributed by atoms with Gasteiger partial charge in [0.2, 0.25) is 5.91 Å². The third-order valence-corrected chi connectivity index (χ3v) is 5.73. The zero-order chi connectivity index (χ0) is 20.9. The zero-order valence-electron chi connectivity index (χ0n) is 16.1. The predicted molar refractivity (Wildman–Crippen MR) is 106 cm³/mol. The van der Waals surface area contributed by atoms with Crippen molar-refractivity contribution in [2.45, 2.75) is 43.9 Å². The zero-order valence-corrected chi connectivity index (χ0v) is 16.9. The van der Waals surface area contributed by atoms with Gasteiger partial charge in [0.05, 0.1) is 23.5 Å². The van der Waals surface area contributed by atoms with Gasteiger partial charge < -0.3 is 5.32 Å². The van der Waals surface area contributed by atoms with Crippen molar-refractivity contribution in [3.05, 3.63) is 46.4 Å². The van der Waals surface area contributed by atoms with Crippen molar-refractivity contribution < 1.29 is 13.6 Å². The number of rotatable bonds is 3. The Kier molecular flexibility index (Phi) is 4.68. The summed E-state index contributed by atoms with van der Waals surface area (Å²) in [5.74, 6) is -1.54. The molecular weight excluding hydrogens is 400 g/mol. The van der Waals surface area contributed by atoms with Gasteiger partial charge in [-0.25, -0.2) is 18.4 Å². The van der Waals surface area contributed by atoms with Gasteiger partial charge in [0.1, 0.15) is 17.0 Å². The lowest BCUT2D eigenvalue weighted by atomic mass is 10.1. The van der Waals surface area contributed by atoms with Gasteiger partial charge in [-0.05, 0) is 32.9 Å². The van der Waals surface area contributed by atoms with E-state index in [0.29, 0.717) is 28.0 Å². The molecule has 1 amide bonds. The molecule has 0 radical (unpaired) electrons. The van der Waals surface area contributed by atoms with E-state index in [1.807, 2.05) is 20.8 Å². The third kappa shape index (κ3) is 3.52. The summed E-state index contributed by atoms with van der Waals surface area (Å²) in [6, 6.07) is 2.52. The summed E-state index contributed by atoms with van der Waals surface area (Å²) in [6.07, 6.45) is 1.47. The number of aromatic nitrogens is 4. The number of nitrogens with one attached hydrogen (secondary N) is 1. The van der Waals surface area contributed by atoms with Crippen LogP contribution in [-0.2, 0) is 10.3 Å². The molecule has 0 bridgehead atoms. The molecule has 3 aromatic rings. The number of thioether (sulfide) groups is 1. The minimum absolute atomic E-state index is 0.0304. The van der Waals surface area contributed by atoms with Gasteiger partial charge in [0, 0.05) is 18.2 Å². The number of benzene rings is 1. The molecule has 10 heteroatoms. The highest BCUT2D eigenvalue weighted by atomic mass is 32.2. The van der Waals surface area contributed by atoms with E-state index in [1.54, 1.807) is 4.68 Å². The molecule has 1 atom stereocenters. The molecule has 1 aliphatic heterocycles. The van der Waals surface area contributed by atoms with E-state index in [1.165, 1.54) is 22.5 Å². The Bertz CT molecular complexity index is 1180. The maximum absolute atomic E-state index is 13.8. The number of anilines is 1. The van der Waals surface area contributed by atoms with Crippen LogP contribution in [-0.4, -0.2) is 31.0 Å². The Labute approximate surface area is 169 Å². The van der Waals surface area contributed by atoms with E-state index in [0.717, 1.165) is 12.1 Å². The van der Waals surface area contributed by atoms with Gasteiger partial charge in [0.25, 0.3) is 5.56 Å². The van der Waals surface area contributed by atoms with Crippen LogP contribution in [0.5, 0.6) is 0 Å². The lowest BCUT2D eigenvalue weighted by Crippen LogP contribution is -2.29. The standard InChI is InChI=1S/C19H19F2N5O2S/c1-19(2,3)26-16-12(8-22-26)17(28)25-11(9-29-18(25)24-16)7-15(27)23-14-5-4-10(20)6-13(14)21/h4-6,8,11H,7,9H2,1-3H3,(H,23,27). The molecule has 29 heavy (non-hydrogen) atoms. The Morgan fingerprint density at radius 3 is 2.79 bits per heavy atom. The number of hydrogen-bond acceptors (Lipinski definition) is 5. The molecule has 0 saturated carbocycles. The molecule has 1 aliphatic rings. The number of fused-ring (bicyclic) bond motifs is 2. The lowest BCUT2D eigenvalue weighted by Gasteiger charge is -2.20. The first kappa shape index (κ1) is 19.6. The first-order valence-corrected chi connectivity index (χ1v) is 10.0. The fraction of sp³-hybridized carbons (Fsp3) is 0.368. The second-order valence-corrected chi connectivity index (χ2v) is 8.86. The highest BCUT2D eigenvalue weighted by molar-refractivity contribution is 7.99. The summed E-state index contributed by atoms with van der Waals surface area (Å²) >= 11 is 1.39. The molecule has 0 fully saturated rings. The summed E-state index contributed by atoms with van der Waals surface area (Å²) in [7, 11) is 0. The molecule has 3 heterocycles. The smallest absolute Gasteiger partial charge is 0.265 e. The maximum Gasteiger partial charge on any atom is 0.265 e. The molecule has 1 aromatic carbocycles. The first-order valence-electron chi connectivity index (χ1n) is 9.03. The van der Waals surface area contributed by atoms with Crippen molar-refractivity contribution in [1.29, 1.82) is 0 Å². The van der Waals surface area contributed by atoms with Crippen LogP contribution in [0.1, 0.15) is 33.2 Å². The molecule has 1 N–H and O–H groups in total. The fourth-order valence-corrected chi connectivity index (χ4v) is 4.41. The average Bonchev–Trinajstić information content (AvgIpc) is 3.22. The number of carbonyl (C=O) groups excluding carboxylic acids is 1. The number of hydrogen-bond donors (Lipinski definition) is 1. The summed E-state index contributed by atoms with van der Waals surface area (Å²) in [6.45, 7) is 5.92. The SMILES string of the molecule is CC(C)(C)n1ncc2c(=O)n3c(nc21)SCC3CC(=O)Nc1ccc(F)cc1F. The fourth-order valence-electron chi connectivity index (χ4n) is 3.28. The first-order chi connectivity index (χ1) is 13.6. The Balaban J connectivity index is 1.61. The van der Waals surface area contributed by atoms with Crippen LogP contribution in [0.2, 0.25) is 0 Å². The summed E-state index contributed by atoms with van der Waals surface area (Å²) in [5, 5.41) is 7.66. The van der Waals surface area contributed by atoms with E-state index in [4.69, 9.17) is 0 Å². The van der Waals surface area contributed by atoms with Gasteiger partial charge >= 0.3 is 0 Å². The van der Waals surface area contributed by atoms with Gasteiger partial charge in [-0.15, -0.1) is 0 Å². The quantitative estimate of drug-likeness (QED) is 0.659. The average molecular weight is 419 g/mol. The van der Waals surface area contributed by atoms with Gasteiger partial charge in [0.15, 0.2) is 10.8 Å². The van der Waals surface area contributed by atoms with Crippen LogP contribution < -0.4 is 10.9 Å². The van der Waals surface area contributed by atoms with Crippen molar-refractivity contribution in [1.82, 2.24) is 19.3 Å². The van der Waals surface area contributed by atoms with Crippen LogP contribution in [0, 0.1) is 11.6 Å². The van der Waals surface area contributed by atoms with Crippen molar-refractivity contribution in [2.75, 3.05) is 11.1 Å². The molecule has 1 unspecified atom stereocenters. The highest BCUT2D eigenvalue weighted by Gasteiger charge is 2.30. The molecular formula is C19H19F2N5O2S. The predicted octanol–water partition coefficient (Wildman–Crippen LogP) is 3.30. The third-order valence-electron chi connectivity index (χ3n) is 4.63. The molecule has 0 aliphatic carbocycles. The van der Waals surface area contributed by atoms with E-state index in [2.05, 4.69) is 15.4 Å². The second-order valence-electron chi connectivity index (χ2n) is 7.88. The minimum Gasteiger partial charge on any atom is -0.324 e. The van der Waals surface area contributed by atoms with Crippen molar-refractivity contribution in [3.63, 3.8) is 0 Å². The van der Waals surface area contributed by atoms with Crippen LogP contribution in [0.15, 0.2) is 34.3 Å². The molecule has 0 saturated heterocycles. The van der Waals surface area contributed by atoms with Gasteiger partial charge in [-0.2, -0.15) is 5.10 Å². The lowest BCUT2D eigenvalue weighted by molar-refractivity contribution is -0.116. The summed E-state index contributed by atoms with van der Waals surface area (Å²) in [5.41, 5.74) is -0.173. The van der Waals surface area contributed by atoms with Crippen LogP contribution in [0.4, 0.5) is 14.5 Å². The van der Waals surface area contributed by atoms with Crippen molar-refractivity contribution in [2.24, 2.45) is 0 Å². The second kappa shape index (κ2) is 6.94. The monoisotopic (exact) mass is 419 g/mol.